The molecule has 0 saturated heterocycles. The number of rotatable bonds is 6. The van der Waals surface area contributed by atoms with Crippen molar-refractivity contribution in [1.82, 2.24) is 10.2 Å². The lowest BCUT2D eigenvalue weighted by Gasteiger charge is -2.17. The SMILES string of the molecule is CNCCN(C)C(=O)CCc1ccc(C)cc1C.Cl. The first-order chi connectivity index (χ1) is 8.54. The maximum atomic E-state index is 11.9. The molecule has 0 heterocycles. The third-order valence-corrected chi connectivity index (χ3v) is 3.23. The van der Waals surface area contributed by atoms with Gasteiger partial charge in [-0.1, -0.05) is 23.8 Å². The Bertz CT molecular complexity index is 407. The number of hydrogen-bond donors (Lipinski definition) is 1. The number of aryl methyl sites for hydroxylation is 3. The van der Waals surface area contributed by atoms with Crippen molar-refractivity contribution in [3.05, 3.63) is 34.9 Å². The fourth-order valence-electron chi connectivity index (χ4n) is 1.96. The summed E-state index contributed by atoms with van der Waals surface area (Å²) in [7, 11) is 3.76. The molecular weight excluding hydrogens is 260 g/mol. The Hall–Kier alpha value is -1.06. The Kier molecular flexibility index (Phi) is 8.44. The zero-order valence-electron chi connectivity index (χ0n) is 12.3. The molecule has 1 N–H and O–H groups in total. The molecule has 108 valence electrons. The summed E-state index contributed by atoms with van der Waals surface area (Å²) < 4.78 is 0. The second kappa shape index (κ2) is 8.94. The second-order valence-electron chi connectivity index (χ2n) is 4.85. The number of halogens is 1. The number of carbonyl (C=O) groups excluding carboxylic acids is 1. The van der Waals surface area contributed by atoms with Crippen molar-refractivity contribution in [3.63, 3.8) is 0 Å². The molecule has 0 aliphatic carbocycles. The smallest absolute Gasteiger partial charge is 0.222 e. The first-order valence-corrected chi connectivity index (χ1v) is 6.49. The molecule has 3 nitrogen and oxygen atoms in total. The summed E-state index contributed by atoms with van der Waals surface area (Å²) in [5, 5.41) is 3.05. The minimum Gasteiger partial charge on any atom is -0.344 e. The van der Waals surface area contributed by atoms with Gasteiger partial charge in [0.25, 0.3) is 0 Å². The molecule has 0 unspecified atom stereocenters. The molecular formula is C15H25ClN2O. The number of hydrogen-bond acceptors (Lipinski definition) is 2. The van der Waals surface area contributed by atoms with Crippen LogP contribution in [0.3, 0.4) is 0 Å². The molecule has 0 bridgehead atoms. The Morgan fingerprint density at radius 2 is 2.00 bits per heavy atom. The van der Waals surface area contributed by atoms with Gasteiger partial charge in [0.1, 0.15) is 0 Å². The summed E-state index contributed by atoms with van der Waals surface area (Å²) in [6.07, 6.45) is 1.42. The van der Waals surface area contributed by atoms with Crippen LogP contribution in [-0.4, -0.2) is 38.0 Å². The van der Waals surface area contributed by atoms with Crippen LogP contribution in [0.5, 0.6) is 0 Å². The highest BCUT2D eigenvalue weighted by Crippen LogP contribution is 2.12. The van der Waals surface area contributed by atoms with Gasteiger partial charge < -0.3 is 10.2 Å². The normalized spacial score (nSPS) is 9.89. The summed E-state index contributed by atoms with van der Waals surface area (Å²) in [5.74, 6) is 0.213. The third-order valence-electron chi connectivity index (χ3n) is 3.23. The van der Waals surface area contributed by atoms with Crippen molar-refractivity contribution >= 4 is 18.3 Å². The van der Waals surface area contributed by atoms with Crippen molar-refractivity contribution in [2.24, 2.45) is 0 Å². The van der Waals surface area contributed by atoms with Crippen LogP contribution in [0, 0.1) is 13.8 Å². The molecule has 1 aromatic rings. The molecule has 1 amide bonds. The lowest BCUT2D eigenvalue weighted by molar-refractivity contribution is -0.129. The van der Waals surface area contributed by atoms with Gasteiger partial charge in [0.05, 0.1) is 0 Å². The van der Waals surface area contributed by atoms with E-state index in [9.17, 15) is 4.79 Å². The second-order valence-corrected chi connectivity index (χ2v) is 4.85. The van der Waals surface area contributed by atoms with Gasteiger partial charge in [0.2, 0.25) is 5.91 Å². The zero-order chi connectivity index (χ0) is 13.5. The summed E-state index contributed by atoms with van der Waals surface area (Å²) in [6.45, 7) is 5.80. The highest BCUT2D eigenvalue weighted by molar-refractivity contribution is 5.85. The molecule has 19 heavy (non-hydrogen) atoms. The molecule has 0 radical (unpaired) electrons. The molecule has 0 aliphatic rings. The molecule has 0 fully saturated rings. The van der Waals surface area contributed by atoms with E-state index in [1.807, 2.05) is 14.1 Å². The molecule has 1 aromatic carbocycles. The summed E-state index contributed by atoms with van der Waals surface area (Å²) >= 11 is 0. The molecule has 1 rings (SSSR count). The average Bonchev–Trinajstić information content (AvgIpc) is 2.34. The van der Waals surface area contributed by atoms with E-state index in [0.29, 0.717) is 6.42 Å². The summed E-state index contributed by atoms with van der Waals surface area (Å²) in [6, 6.07) is 6.41. The zero-order valence-corrected chi connectivity index (χ0v) is 13.1. The quantitative estimate of drug-likeness (QED) is 0.870. The summed E-state index contributed by atoms with van der Waals surface area (Å²) in [4.78, 5) is 13.7. The Labute approximate surface area is 122 Å². The van der Waals surface area contributed by atoms with Gasteiger partial charge in [-0.2, -0.15) is 0 Å². The predicted octanol–water partition coefficient (Wildman–Crippen LogP) is 2.34. The lowest BCUT2D eigenvalue weighted by atomic mass is 10.0. The first-order valence-electron chi connectivity index (χ1n) is 6.49. The topological polar surface area (TPSA) is 32.3 Å². The van der Waals surface area contributed by atoms with Gasteiger partial charge in [0, 0.05) is 26.6 Å². The highest BCUT2D eigenvalue weighted by atomic mass is 35.5. The lowest BCUT2D eigenvalue weighted by Crippen LogP contribution is -2.32. The van der Waals surface area contributed by atoms with Crippen LogP contribution in [0.4, 0.5) is 0 Å². The number of nitrogens with zero attached hydrogens (tertiary/aromatic N) is 1. The van der Waals surface area contributed by atoms with Crippen LogP contribution in [0.15, 0.2) is 18.2 Å². The van der Waals surface area contributed by atoms with E-state index in [-0.39, 0.29) is 18.3 Å². The largest absolute Gasteiger partial charge is 0.344 e. The average molecular weight is 285 g/mol. The van der Waals surface area contributed by atoms with Gasteiger partial charge >= 0.3 is 0 Å². The van der Waals surface area contributed by atoms with Crippen molar-refractivity contribution in [2.75, 3.05) is 27.2 Å². The highest BCUT2D eigenvalue weighted by Gasteiger charge is 2.09. The van der Waals surface area contributed by atoms with Gasteiger partial charge in [-0.15, -0.1) is 12.4 Å². The molecule has 0 saturated carbocycles. The Morgan fingerprint density at radius 3 is 2.58 bits per heavy atom. The maximum Gasteiger partial charge on any atom is 0.222 e. The van der Waals surface area contributed by atoms with E-state index in [1.165, 1.54) is 16.7 Å². The molecule has 4 heteroatoms. The fraction of sp³-hybridized carbons (Fsp3) is 0.533. The Morgan fingerprint density at radius 1 is 1.32 bits per heavy atom. The predicted molar refractivity (Wildman–Crippen MR) is 83.0 cm³/mol. The molecule has 0 atom stereocenters. The van der Waals surface area contributed by atoms with Crippen molar-refractivity contribution < 1.29 is 4.79 Å². The van der Waals surface area contributed by atoms with Gasteiger partial charge in [-0.25, -0.2) is 0 Å². The van der Waals surface area contributed by atoms with Gasteiger partial charge in [0.15, 0.2) is 0 Å². The van der Waals surface area contributed by atoms with Crippen LogP contribution in [-0.2, 0) is 11.2 Å². The van der Waals surface area contributed by atoms with Crippen LogP contribution in [0.2, 0.25) is 0 Å². The number of carbonyl (C=O) groups is 1. The van der Waals surface area contributed by atoms with Crippen LogP contribution >= 0.6 is 12.4 Å². The van der Waals surface area contributed by atoms with E-state index in [0.717, 1.165) is 19.5 Å². The monoisotopic (exact) mass is 284 g/mol. The summed E-state index contributed by atoms with van der Waals surface area (Å²) in [5.41, 5.74) is 3.82. The first kappa shape index (κ1) is 17.9. The van der Waals surface area contributed by atoms with Gasteiger partial charge in [-0.05, 0) is 38.4 Å². The molecule has 0 aliphatic heterocycles. The number of nitrogens with one attached hydrogen (secondary N) is 1. The standard InChI is InChI=1S/C15H24N2O.ClH/c1-12-5-6-14(13(2)11-12)7-8-15(18)17(4)10-9-16-3;/h5-6,11,16H,7-10H2,1-4H3;1H. The third kappa shape index (κ3) is 6.08. The maximum absolute atomic E-state index is 11.9. The van der Waals surface area contributed by atoms with Crippen molar-refractivity contribution in [2.45, 2.75) is 26.7 Å². The minimum atomic E-state index is 0. The minimum absolute atomic E-state index is 0. The fourth-order valence-corrected chi connectivity index (χ4v) is 1.96. The van der Waals surface area contributed by atoms with E-state index < -0.39 is 0 Å². The van der Waals surface area contributed by atoms with Gasteiger partial charge in [-0.3, -0.25) is 4.79 Å². The van der Waals surface area contributed by atoms with Crippen LogP contribution in [0.25, 0.3) is 0 Å². The van der Waals surface area contributed by atoms with Crippen LogP contribution < -0.4 is 5.32 Å². The number of amides is 1. The van der Waals surface area contributed by atoms with E-state index in [1.54, 1.807) is 4.90 Å². The Balaban J connectivity index is 0.00000324. The van der Waals surface area contributed by atoms with Crippen molar-refractivity contribution in [3.8, 4) is 0 Å². The van der Waals surface area contributed by atoms with Crippen LogP contribution in [0.1, 0.15) is 23.1 Å². The van der Waals surface area contributed by atoms with Crippen molar-refractivity contribution in [1.29, 1.82) is 0 Å². The molecule has 0 aromatic heterocycles. The number of benzene rings is 1. The molecule has 0 spiro atoms. The number of likely N-dealkylation sites (N-methyl/N-ethyl adjacent to an activating group) is 2. The van der Waals surface area contributed by atoms with E-state index in [4.69, 9.17) is 0 Å². The van der Waals surface area contributed by atoms with E-state index in [2.05, 4.69) is 37.4 Å². The van der Waals surface area contributed by atoms with E-state index >= 15 is 0 Å².